The van der Waals surface area contributed by atoms with Crippen molar-refractivity contribution in [1.29, 1.82) is 0 Å². The molecule has 0 atom stereocenters. The zero-order valence-electron chi connectivity index (χ0n) is 10.5. The Balaban J connectivity index is 2.05. The highest BCUT2D eigenvalue weighted by Crippen LogP contribution is 2.13. The first-order chi connectivity index (χ1) is 9.06. The molecule has 0 radical (unpaired) electrons. The number of nitrogens with zero attached hydrogens (tertiary/aromatic N) is 1. The van der Waals surface area contributed by atoms with Crippen LogP contribution in [0.2, 0.25) is 5.02 Å². The number of amides is 1. The first-order valence-electron chi connectivity index (χ1n) is 5.81. The van der Waals surface area contributed by atoms with Gasteiger partial charge in [0.25, 0.3) is 5.91 Å². The van der Waals surface area contributed by atoms with Gasteiger partial charge in [-0.2, -0.15) is 0 Å². The molecule has 5 heteroatoms. The Morgan fingerprint density at radius 2 is 2.21 bits per heavy atom. The molecule has 0 fully saturated rings. The number of nitrogens with one attached hydrogen (secondary N) is 1. The number of nitrogen functional groups attached to an aromatic ring is 1. The number of hydrogen-bond donors (Lipinski definition) is 2. The smallest absolute Gasteiger partial charge is 0.255 e. The number of pyridine rings is 1. The highest BCUT2D eigenvalue weighted by Gasteiger charge is 2.10. The van der Waals surface area contributed by atoms with Crippen molar-refractivity contribution in [3.8, 4) is 0 Å². The number of halogens is 1. The van der Waals surface area contributed by atoms with E-state index in [-0.39, 0.29) is 5.91 Å². The zero-order chi connectivity index (χ0) is 13.8. The second-order valence-corrected chi connectivity index (χ2v) is 4.66. The van der Waals surface area contributed by atoms with Crippen molar-refractivity contribution >= 4 is 23.2 Å². The predicted molar refractivity (Wildman–Crippen MR) is 76.0 cm³/mol. The van der Waals surface area contributed by atoms with Crippen LogP contribution >= 0.6 is 11.6 Å². The van der Waals surface area contributed by atoms with Gasteiger partial charge in [-0.3, -0.25) is 9.78 Å². The van der Waals surface area contributed by atoms with Gasteiger partial charge in [0.2, 0.25) is 0 Å². The molecule has 0 aliphatic rings. The van der Waals surface area contributed by atoms with Gasteiger partial charge in [-0.15, -0.1) is 0 Å². The van der Waals surface area contributed by atoms with Gasteiger partial charge >= 0.3 is 0 Å². The standard InChI is InChI=1S/C14H14ClN3O/c1-9-5-13(16)12(8-17-9)14(19)18-7-10-3-2-4-11(15)6-10/h2-6,8H,7H2,1H3,(H2,16,17)(H,18,19). The lowest BCUT2D eigenvalue weighted by Crippen LogP contribution is -2.24. The first kappa shape index (κ1) is 13.4. The molecule has 1 amide bonds. The number of rotatable bonds is 3. The third-order valence-electron chi connectivity index (χ3n) is 2.66. The lowest BCUT2D eigenvalue weighted by atomic mass is 10.2. The molecule has 19 heavy (non-hydrogen) atoms. The van der Waals surface area contributed by atoms with Crippen LogP contribution in [0.1, 0.15) is 21.6 Å². The number of aromatic nitrogens is 1. The molecule has 1 heterocycles. The lowest BCUT2D eigenvalue weighted by Gasteiger charge is -2.08. The Morgan fingerprint density at radius 1 is 1.42 bits per heavy atom. The fourth-order valence-electron chi connectivity index (χ4n) is 1.70. The van der Waals surface area contributed by atoms with Gasteiger partial charge in [0.05, 0.1) is 5.56 Å². The molecule has 0 unspecified atom stereocenters. The minimum absolute atomic E-state index is 0.245. The number of anilines is 1. The summed E-state index contributed by atoms with van der Waals surface area (Å²) in [6.45, 7) is 2.22. The van der Waals surface area contributed by atoms with E-state index in [9.17, 15) is 4.79 Å². The van der Waals surface area contributed by atoms with E-state index < -0.39 is 0 Å². The third kappa shape index (κ3) is 3.45. The average Bonchev–Trinajstić information content (AvgIpc) is 2.36. The molecule has 1 aromatic heterocycles. The molecule has 4 nitrogen and oxygen atoms in total. The topological polar surface area (TPSA) is 68.0 Å². The van der Waals surface area contributed by atoms with Crippen LogP contribution in [0.25, 0.3) is 0 Å². The summed E-state index contributed by atoms with van der Waals surface area (Å²) in [7, 11) is 0. The van der Waals surface area contributed by atoms with Crippen LogP contribution in [-0.2, 0) is 6.54 Å². The Kier molecular flexibility index (Phi) is 4.02. The van der Waals surface area contributed by atoms with Crippen molar-refractivity contribution in [3.05, 3.63) is 58.4 Å². The SMILES string of the molecule is Cc1cc(N)c(C(=O)NCc2cccc(Cl)c2)cn1. The molecule has 0 saturated carbocycles. The number of aryl methyl sites for hydroxylation is 1. The third-order valence-corrected chi connectivity index (χ3v) is 2.89. The van der Waals surface area contributed by atoms with E-state index in [1.807, 2.05) is 19.1 Å². The van der Waals surface area contributed by atoms with Gasteiger partial charge < -0.3 is 11.1 Å². The van der Waals surface area contributed by atoms with Crippen LogP contribution in [-0.4, -0.2) is 10.9 Å². The zero-order valence-corrected chi connectivity index (χ0v) is 11.2. The summed E-state index contributed by atoms with van der Waals surface area (Å²) in [4.78, 5) is 16.0. The molecule has 0 saturated heterocycles. The van der Waals surface area contributed by atoms with Gasteiger partial charge in [0.1, 0.15) is 0 Å². The van der Waals surface area contributed by atoms with Gasteiger partial charge in [0.15, 0.2) is 0 Å². The minimum atomic E-state index is -0.245. The van der Waals surface area contributed by atoms with Gasteiger partial charge in [-0.05, 0) is 30.7 Å². The first-order valence-corrected chi connectivity index (χ1v) is 6.19. The molecule has 0 bridgehead atoms. The van der Waals surface area contributed by atoms with E-state index in [0.717, 1.165) is 11.3 Å². The van der Waals surface area contributed by atoms with Crippen LogP contribution < -0.4 is 11.1 Å². The van der Waals surface area contributed by atoms with Crippen molar-refractivity contribution in [2.75, 3.05) is 5.73 Å². The maximum atomic E-state index is 12.0. The lowest BCUT2D eigenvalue weighted by molar-refractivity contribution is 0.0951. The summed E-state index contributed by atoms with van der Waals surface area (Å²) >= 11 is 5.88. The summed E-state index contributed by atoms with van der Waals surface area (Å²) in [6, 6.07) is 9.00. The number of benzene rings is 1. The Hall–Kier alpha value is -2.07. The highest BCUT2D eigenvalue weighted by molar-refractivity contribution is 6.30. The normalized spacial score (nSPS) is 10.2. The Labute approximate surface area is 116 Å². The second kappa shape index (κ2) is 5.71. The second-order valence-electron chi connectivity index (χ2n) is 4.23. The summed E-state index contributed by atoms with van der Waals surface area (Å²) < 4.78 is 0. The van der Waals surface area contributed by atoms with Crippen LogP contribution in [0.5, 0.6) is 0 Å². The van der Waals surface area contributed by atoms with Crippen LogP contribution in [0, 0.1) is 6.92 Å². The van der Waals surface area contributed by atoms with Crippen LogP contribution in [0.15, 0.2) is 36.5 Å². The monoisotopic (exact) mass is 275 g/mol. The van der Waals surface area contributed by atoms with Crippen molar-refractivity contribution in [2.24, 2.45) is 0 Å². The van der Waals surface area contributed by atoms with E-state index in [4.69, 9.17) is 17.3 Å². The predicted octanol–water partition coefficient (Wildman–Crippen LogP) is 2.56. The van der Waals surface area contributed by atoms with E-state index in [1.165, 1.54) is 6.20 Å². The molecular formula is C14H14ClN3O. The van der Waals surface area contributed by atoms with Gasteiger partial charge in [-0.25, -0.2) is 0 Å². The molecule has 2 rings (SSSR count). The number of nitrogens with two attached hydrogens (primary N) is 1. The van der Waals surface area contributed by atoms with Crippen molar-refractivity contribution < 1.29 is 4.79 Å². The fourth-order valence-corrected chi connectivity index (χ4v) is 1.91. The van der Waals surface area contributed by atoms with Crippen LogP contribution in [0.3, 0.4) is 0 Å². The summed E-state index contributed by atoms with van der Waals surface area (Å²) in [5.74, 6) is -0.245. The molecule has 3 N–H and O–H groups in total. The largest absolute Gasteiger partial charge is 0.398 e. The summed E-state index contributed by atoms with van der Waals surface area (Å²) in [6.07, 6.45) is 1.48. The van der Waals surface area contributed by atoms with Crippen molar-refractivity contribution in [3.63, 3.8) is 0 Å². The van der Waals surface area contributed by atoms with E-state index >= 15 is 0 Å². The number of carbonyl (C=O) groups is 1. The van der Waals surface area contributed by atoms with Crippen LogP contribution in [0.4, 0.5) is 5.69 Å². The quantitative estimate of drug-likeness (QED) is 0.904. The number of carbonyl (C=O) groups excluding carboxylic acids is 1. The molecule has 0 aliphatic heterocycles. The van der Waals surface area contributed by atoms with Gasteiger partial charge in [0, 0.05) is 29.1 Å². The van der Waals surface area contributed by atoms with E-state index in [2.05, 4.69) is 10.3 Å². The van der Waals surface area contributed by atoms with Crippen molar-refractivity contribution in [1.82, 2.24) is 10.3 Å². The number of hydrogen-bond acceptors (Lipinski definition) is 3. The Bertz CT molecular complexity index is 613. The van der Waals surface area contributed by atoms with Crippen molar-refractivity contribution in [2.45, 2.75) is 13.5 Å². The van der Waals surface area contributed by atoms with Gasteiger partial charge in [-0.1, -0.05) is 23.7 Å². The summed E-state index contributed by atoms with van der Waals surface area (Å²) in [5.41, 5.74) is 8.31. The Morgan fingerprint density at radius 3 is 2.89 bits per heavy atom. The minimum Gasteiger partial charge on any atom is -0.398 e. The fraction of sp³-hybridized carbons (Fsp3) is 0.143. The molecule has 0 aliphatic carbocycles. The van der Waals surface area contributed by atoms with E-state index in [1.54, 1.807) is 18.2 Å². The average molecular weight is 276 g/mol. The maximum absolute atomic E-state index is 12.0. The molecular weight excluding hydrogens is 262 g/mol. The summed E-state index contributed by atoms with van der Waals surface area (Å²) in [5, 5.41) is 3.43. The molecule has 0 spiro atoms. The maximum Gasteiger partial charge on any atom is 0.255 e. The van der Waals surface area contributed by atoms with E-state index in [0.29, 0.717) is 22.8 Å². The molecule has 1 aromatic carbocycles. The highest BCUT2D eigenvalue weighted by atomic mass is 35.5. The molecule has 98 valence electrons. The molecule has 2 aromatic rings.